The topological polar surface area (TPSA) is 58.8 Å². The summed E-state index contributed by atoms with van der Waals surface area (Å²) in [6.45, 7) is 11.8. The molecular formula is C14H29N3O2. The molecule has 0 saturated carbocycles. The van der Waals surface area contributed by atoms with Crippen LogP contribution in [0.3, 0.4) is 0 Å². The number of nitrogens with two attached hydrogens (primary N) is 1. The Balaban J connectivity index is 2.53. The molecule has 1 saturated heterocycles. The van der Waals surface area contributed by atoms with Crippen molar-refractivity contribution in [1.82, 2.24) is 9.80 Å². The van der Waals surface area contributed by atoms with E-state index in [4.69, 9.17) is 10.5 Å². The highest BCUT2D eigenvalue weighted by molar-refractivity contribution is 5.68. The van der Waals surface area contributed by atoms with Crippen LogP contribution in [-0.2, 0) is 4.74 Å². The van der Waals surface area contributed by atoms with Crippen LogP contribution in [0.25, 0.3) is 0 Å². The minimum Gasteiger partial charge on any atom is -0.444 e. The normalized spacial score (nSPS) is 20.6. The fourth-order valence-corrected chi connectivity index (χ4v) is 2.48. The highest BCUT2D eigenvalue weighted by atomic mass is 16.6. The van der Waals surface area contributed by atoms with E-state index >= 15 is 0 Å². The first-order valence-electron chi connectivity index (χ1n) is 7.29. The van der Waals surface area contributed by atoms with Gasteiger partial charge in [-0.2, -0.15) is 0 Å². The third-order valence-corrected chi connectivity index (χ3v) is 3.38. The van der Waals surface area contributed by atoms with Crippen molar-refractivity contribution < 1.29 is 9.53 Å². The average Bonchev–Trinajstić information content (AvgIpc) is 2.71. The Morgan fingerprint density at radius 1 is 1.47 bits per heavy atom. The first kappa shape index (κ1) is 16.2. The molecule has 1 unspecified atom stereocenters. The number of nitrogens with zero attached hydrogens (tertiary/aromatic N) is 2. The van der Waals surface area contributed by atoms with Crippen LogP contribution < -0.4 is 5.73 Å². The van der Waals surface area contributed by atoms with Gasteiger partial charge in [0.15, 0.2) is 0 Å². The number of hydrogen-bond acceptors (Lipinski definition) is 4. The van der Waals surface area contributed by atoms with Gasteiger partial charge in [-0.15, -0.1) is 0 Å². The summed E-state index contributed by atoms with van der Waals surface area (Å²) in [5.74, 6) is 0. The molecule has 2 N–H and O–H groups in total. The van der Waals surface area contributed by atoms with E-state index in [9.17, 15) is 4.79 Å². The summed E-state index contributed by atoms with van der Waals surface area (Å²) in [4.78, 5) is 16.3. The zero-order valence-electron chi connectivity index (χ0n) is 12.8. The van der Waals surface area contributed by atoms with Gasteiger partial charge in [0.05, 0.1) is 0 Å². The Morgan fingerprint density at radius 2 is 2.16 bits per heavy atom. The summed E-state index contributed by atoms with van der Waals surface area (Å²) in [7, 11) is 0. The Hall–Kier alpha value is -0.810. The molecule has 1 heterocycles. The van der Waals surface area contributed by atoms with Crippen LogP contribution in [0.2, 0.25) is 0 Å². The van der Waals surface area contributed by atoms with Gasteiger partial charge in [0, 0.05) is 32.2 Å². The summed E-state index contributed by atoms with van der Waals surface area (Å²) in [5.41, 5.74) is 5.20. The number of likely N-dealkylation sites (N-methyl/N-ethyl adjacent to an activating group) is 1. The van der Waals surface area contributed by atoms with Crippen molar-refractivity contribution in [2.75, 3.05) is 32.7 Å². The van der Waals surface area contributed by atoms with E-state index in [1.807, 2.05) is 27.7 Å². The molecule has 1 aliphatic heterocycles. The molecule has 0 aromatic carbocycles. The van der Waals surface area contributed by atoms with Gasteiger partial charge < -0.3 is 15.4 Å². The quantitative estimate of drug-likeness (QED) is 0.826. The SMILES string of the molecule is CCN(CC1CCCN1CCN)C(=O)OC(C)(C)C. The minimum absolute atomic E-state index is 0.213. The molecule has 0 aliphatic carbocycles. The Morgan fingerprint density at radius 3 is 2.68 bits per heavy atom. The first-order chi connectivity index (χ1) is 8.87. The summed E-state index contributed by atoms with van der Waals surface area (Å²) in [6.07, 6.45) is 2.12. The predicted octanol–water partition coefficient (Wildman–Crippen LogP) is 1.67. The number of hydrogen-bond donors (Lipinski definition) is 1. The standard InChI is InChI=1S/C14H29N3O2/c1-5-16(13(18)19-14(2,3)4)11-12-7-6-9-17(12)10-8-15/h12H,5-11,15H2,1-4H3. The third-order valence-electron chi connectivity index (χ3n) is 3.38. The van der Waals surface area contributed by atoms with Crippen LogP contribution in [0.4, 0.5) is 4.79 Å². The molecule has 0 aromatic rings. The van der Waals surface area contributed by atoms with E-state index < -0.39 is 5.60 Å². The summed E-state index contributed by atoms with van der Waals surface area (Å²) < 4.78 is 5.44. The zero-order valence-corrected chi connectivity index (χ0v) is 12.8. The molecule has 112 valence electrons. The van der Waals surface area contributed by atoms with Gasteiger partial charge in [-0.3, -0.25) is 4.90 Å². The van der Waals surface area contributed by atoms with Crippen LogP contribution in [0.1, 0.15) is 40.5 Å². The van der Waals surface area contributed by atoms with Gasteiger partial charge in [-0.05, 0) is 47.1 Å². The number of ether oxygens (including phenoxy) is 1. The van der Waals surface area contributed by atoms with E-state index in [1.54, 1.807) is 4.90 Å². The van der Waals surface area contributed by atoms with Gasteiger partial charge in [-0.1, -0.05) is 0 Å². The predicted molar refractivity (Wildman–Crippen MR) is 77.1 cm³/mol. The number of carbonyl (C=O) groups is 1. The lowest BCUT2D eigenvalue weighted by Crippen LogP contribution is -2.45. The molecule has 5 nitrogen and oxygen atoms in total. The van der Waals surface area contributed by atoms with Crippen molar-refractivity contribution in [3.05, 3.63) is 0 Å². The smallest absolute Gasteiger partial charge is 0.410 e. The lowest BCUT2D eigenvalue weighted by molar-refractivity contribution is 0.0216. The number of amides is 1. The van der Waals surface area contributed by atoms with Crippen molar-refractivity contribution >= 4 is 6.09 Å². The maximum absolute atomic E-state index is 12.1. The molecule has 5 heteroatoms. The van der Waals surface area contributed by atoms with Crippen molar-refractivity contribution in [1.29, 1.82) is 0 Å². The van der Waals surface area contributed by atoms with Gasteiger partial charge >= 0.3 is 6.09 Å². The highest BCUT2D eigenvalue weighted by Crippen LogP contribution is 2.18. The molecule has 0 radical (unpaired) electrons. The molecular weight excluding hydrogens is 242 g/mol. The molecule has 1 rings (SSSR count). The Labute approximate surface area is 117 Å². The third kappa shape index (κ3) is 5.37. The van der Waals surface area contributed by atoms with Crippen LogP contribution in [0.5, 0.6) is 0 Å². The van der Waals surface area contributed by atoms with E-state index in [0.29, 0.717) is 19.1 Å². The Kier molecular flexibility index (Phi) is 6.07. The molecule has 1 fully saturated rings. The fraction of sp³-hybridized carbons (Fsp3) is 0.929. The largest absolute Gasteiger partial charge is 0.444 e. The van der Waals surface area contributed by atoms with E-state index in [-0.39, 0.29) is 6.09 Å². The van der Waals surface area contributed by atoms with E-state index in [2.05, 4.69) is 4.90 Å². The number of rotatable bonds is 5. The second kappa shape index (κ2) is 7.10. The van der Waals surface area contributed by atoms with Gasteiger partial charge in [-0.25, -0.2) is 4.79 Å². The molecule has 1 atom stereocenters. The van der Waals surface area contributed by atoms with Crippen LogP contribution in [-0.4, -0.2) is 60.3 Å². The van der Waals surface area contributed by atoms with Crippen molar-refractivity contribution in [2.45, 2.75) is 52.2 Å². The van der Waals surface area contributed by atoms with Crippen molar-refractivity contribution in [2.24, 2.45) is 5.73 Å². The maximum atomic E-state index is 12.1. The number of carbonyl (C=O) groups excluding carboxylic acids is 1. The molecule has 0 spiro atoms. The molecule has 1 amide bonds. The van der Waals surface area contributed by atoms with E-state index in [0.717, 1.165) is 26.1 Å². The van der Waals surface area contributed by atoms with Gasteiger partial charge in [0.1, 0.15) is 5.60 Å². The fourth-order valence-electron chi connectivity index (χ4n) is 2.48. The van der Waals surface area contributed by atoms with Gasteiger partial charge in [0.25, 0.3) is 0 Å². The molecule has 0 aromatic heterocycles. The van der Waals surface area contributed by atoms with Crippen molar-refractivity contribution in [3.63, 3.8) is 0 Å². The minimum atomic E-state index is -0.433. The van der Waals surface area contributed by atoms with E-state index in [1.165, 1.54) is 6.42 Å². The number of likely N-dealkylation sites (tertiary alicyclic amines) is 1. The lowest BCUT2D eigenvalue weighted by atomic mass is 10.2. The van der Waals surface area contributed by atoms with Crippen molar-refractivity contribution in [3.8, 4) is 0 Å². The van der Waals surface area contributed by atoms with Crippen LogP contribution in [0, 0.1) is 0 Å². The Bertz CT molecular complexity index is 289. The molecule has 1 aliphatic rings. The first-order valence-corrected chi connectivity index (χ1v) is 7.29. The van der Waals surface area contributed by atoms with Gasteiger partial charge in [0.2, 0.25) is 0 Å². The summed E-state index contributed by atoms with van der Waals surface area (Å²) in [5, 5.41) is 0. The monoisotopic (exact) mass is 271 g/mol. The van der Waals surface area contributed by atoms with Crippen LogP contribution in [0.15, 0.2) is 0 Å². The lowest BCUT2D eigenvalue weighted by Gasteiger charge is -2.31. The highest BCUT2D eigenvalue weighted by Gasteiger charge is 2.29. The average molecular weight is 271 g/mol. The maximum Gasteiger partial charge on any atom is 0.410 e. The molecule has 0 bridgehead atoms. The zero-order chi connectivity index (χ0) is 14.5. The second-order valence-electron chi connectivity index (χ2n) is 6.14. The molecule has 19 heavy (non-hydrogen) atoms. The van der Waals surface area contributed by atoms with Crippen LogP contribution >= 0.6 is 0 Å². The summed E-state index contributed by atoms with van der Waals surface area (Å²) >= 11 is 0. The summed E-state index contributed by atoms with van der Waals surface area (Å²) in [6, 6.07) is 0.427. The second-order valence-corrected chi connectivity index (χ2v) is 6.14.